The lowest BCUT2D eigenvalue weighted by atomic mass is 9.99. The van der Waals surface area contributed by atoms with Crippen molar-refractivity contribution in [3.05, 3.63) is 64.7 Å². The van der Waals surface area contributed by atoms with E-state index in [9.17, 15) is 9.90 Å². The van der Waals surface area contributed by atoms with Crippen LogP contribution in [-0.2, 0) is 17.8 Å². The number of aryl methyl sites for hydroxylation is 1. The monoisotopic (exact) mass is 370 g/mol. The first-order valence-corrected chi connectivity index (χ1v) is 9.58. The topological polar surface area (TPSA) is 55.8 Å². The number of ether oxygens (including phenoxy) is 2. The van der Waals surface area contributed by atoms with Gasteiger partial charge in [-0.25, -0.2) is 4.79 Å². The standard InChI is InChI=1S/C23H30O4/c1-17(2)8-7-12-26-13-11-20-15-21(14-18(3)22(20)23(24)25)27-16-19-9-5-4-6-10-19/h4-6,9-10,14-15,17H,7-8,11-13,16H2,1-3H3,(H,24,25). The zero-order chi connectivity index (χ0) is 19.6. The molecule has 0 aliphatic rings. The molecule has 0 fully saturated rings. The van der Waals surface area contributed by atoms with Gasteiger partial charge in [-0.3, -0.25) is 0 Å². The van der Waals surface area contributed by atoms with Crippen molar-refractivity contribution in [1.29, 1.82) is 0 Å². The Morgan fingerprint density at radius 3 is 2.52 bits per heavy atom. The molecule has 1 N–H and O–H groups in total. The number of hydrogen-bond acceptors (Lipinski definition) is 3. The molecule has 0 aliphatic carbocycles. The molecule has 0 aliphatic heterocycles. The normalized spacial score (nSPS) is 11.0. The van der Waals surface area contributed by atoms with Gasteiger partial charge in [0.1, 0.15) is 12.4 Å². The van der Waals surface area contributed by atoms with Crippen LogP contribution in [0.2, 0.25) is 0 Å². The smallest absolute Gasteiger partial charge is 0.336 e. The van der Waals surface area contributed by atoms with Crippen LogP contribution in [0, 0.1) is 12.8 Å². The summed E-state index contributed by atoms with van der Waals surface area (Å²) in [6, 6.07) is 13.5. The van der Waals surface area contributed by atoms with Crippen LogP contribution in [-0.4, -0.2) is 24.3 Å². The van der Waals surface area contributed by atoms with Gasteiger partial charge in [0, 0.05) is 6.61 Å². The molecule has 0 saturated heterocycles. The lowest BCUT2D eigenvalue weighted by molar-refractivity contribution is 0.0694. The van der Waals surface area contributed by atoms with Gasteiger partial charge in [0.15, 0.2) is 0 Å². The Morgan fingerprint density at radius 1 is 1.11 bits per heavy atom. The molecule has 4 heteroatoms. The summed E-state index contributed by atoms with van der Waals surface area (Å²) in [7, 11) is 0. The third-order valence-corrected chi connectivity index (χ3v) is 4.44. The average Bonchev–Trinajstić information content (AvgIpc) is 2.63. The molecule has 0 heterocycles. The van der Waals surface area contributed by atoms with E-state index in [0.29, 0.717) is 49.0 Å². The van der Waals surface area contributed by atoms with Crippen molar-refractivity contribution >= 4 is 5.97 Å². The molecule has 0 aromatic heterocycles. The number of aromatic carboxylic acids is 1. The first-order chi connectivity index (χ1) is 13.0. The Balaban J connectivity index is 2.00. The highest BCUT2D eigenvalue weighted by molar-refractivity contribution is 5.91. The van der Waals surface area contributed by atoms with E-state index >= 15 is 0 Å². The second kappa shape index (κ2) is 10.7. The number of benzene rings is 2. The summed E-state index contributed by atoms with van der Waals surface area (Å²) in [4.78, 5) is 11.7. The summed E-state index contributed by atoms with van der Waals surface area (Å²) in [6.45, 7) is 7.89. The number of carboxylic acids is 1. The summed E-state index contributed by atoms with van der Waals surface area (Å²) in [5.74, 6) is 0.460. The van der Waals surface area contributed by atoms with Crippen molar-refractivity contribution in [2.24, 2.45) is 5.92 Å². The Morgan fingerprint density at radius 2 is 1.85 bits per heavy atom. The minimum Gasteiger partial charge on any atom is -0.489 e. The third kappa shape index (κ3) is 7.06. The Labute approximate surface area is 162 Å². The maximum atomic E-state index is 11.7. The molecule has 0 bridgehead atoms. The lowest BCUT2D eigenvalue weighted by Crippen LogP contribution is -2.10. The van der Waals surface area contributed by atoms with E-state index < -0.39 is 5.97 Å². The van der Waals surface area contributed by atoms with Gasteiger partial charge in [0.25, 0.3) is 0 Å². The molecule has 0 atom stereocenters. The van der Waals surface area contributed by atoms with Gasteiger partial charge in [-0.05, 0) is 60.9 Å². The maximum Gasteiger partial charge on any atom is 0.336 e. The van der Waals surface area contributed by atoms with Gasteiger partial charge in [-0.15, -0.1) is 0 Å². The molecule has 0 saturated carbocycles. The van der Waals surface area contributed by atoms with Crippen molar-refractivity contribution in [2.75, 3.05) is 13.2 Å². The van der Waals surface area contributed by atoms with Gasteiger partial charge >= 0.3 is 5.97 Å². The maximum absolute atomic E-state index is 11.7. The van der Waals surface area contributed by atoms with Crippen molar-refractivity contribution in [1.82, 2.24) is 0 Å². The summed E-state index contributed by atoms with van der Waals surface area (Å²) < 4.78 is 11.6. The van der Waals surface area contributed by atoms with Gasteiger partial charge in [-0.1, -0.05) is 44.2 Å². The van der Waals surface area contributed by atoms with Crippen molar-refractivity contribution < 1.29 is 19.4 Å². The molecule has 0 spiro atoms. The number of carbonyl (C=O) groups is 1. The molecular weight excluding hydrogens is 340 g/mol. The summed E-state index contributed by atoms with van der Waals surface area (Å²) in [5, 5.41) is 9.57. The zero-order valence-corrected chi connectivity index (χ0v) is 16.5. The van der Waals surface area contributed by atoms with Gasteiger partial charge in [-0.2, -0.15) is 0 Å². The highest BCUT2D eigenvalue weighted by atomic mass is 16.5. The second-order valence-corrected chi connectivity index (χ2v) is 7.25. The van der Waals surface area contributed by atoms with E-state index in [4.69, 9.17) is 9.47 Å². The van der Waals surface area contributed by atoms with E-state index in [1.54, 1.807) is 6.07 Å². The molecule has 146 valence electrons. The fourth-order valence-corrected chi connectivity index (χ4v) is 3.03. The molecule has 0 unspecified atom stereocenters. The summed E-state index contributed by atoms with van der Waals surface area (Å²) in [6.07, 6.45) is 2.73. The van der Waals surface area contributed by atoms with Crippen LogP contribution in [0.25, 0.3) is 0 Å². The first-order valence-electron chi connectivity index (χ1n) is 9.58. The summed E-state index contributed by atoms with van der Waals surface area (Å²) >= 11 is 0. The molecule has 0 amide bonds. The van der Waals surface area contributed by atoms with Crippen LogP contribution in [0.1, 0.15) is 53.7 Å². The van der Waals surface area contributed by atoms with E-state index in [0.717, 1.165) is 24.0 Å². The fraction of sp³-hybridized carbons (Fsp3) is 0.435. The van der Waals surface area contributed by atoms with Crippen LogP contribution in [0.15, 0.2) is 42.5 Å². The first kappa shape index (κ1) is 21.0. The molecule has 0 radical (unpaired) electrons. The van der Waals surface area contributed by atoms with Gasteiger partial charge in [0.2, 0.25) is 0 Å². The second-order valence-electron chi connectivity index (χ2n) is 7.25. The van der Waals surface area contributed by atoms with E-state index in [1.165, 1.54) is 0 Å². The van der Waals surface area contributed by atoms with Crippen LogP contribution in [0.4, 0.5) is 0 Å². The Hall–Kier alpha value is -2.33. The van der Waals surface area contributed by atoms with Crippen molar-refractivity contribution in [3.63, 3.8) is 0 Å². The molecule has 4 nitrogen and oxygen atoms in total. The zero-order valence-electron chi connectivity index (χ0n) is 16.5. The predicted molar refractivity (Wildman–Crippen MR) is 108 cm³/mol. The average molecular weight is 370 g/mol. The van der Waals surface area contributed by atoms with Crippen LogP contribution in [0.5, 0.6) is 5.75 Å². The Bertz CT molecular complexity index is 723. The minimum atomic E-state index is -0.906. The molecular formula is C23H30O4. The quantitative estimate of drug-likeness (QED) is 0.548. The fourth-order valence-electron chi connectivity index (χ4n) is 3.03. The largest absolute Gasteiger partial charge is 0.489 e. The molecule has 2 aromatic carbocycles. The van der Waals surface area contributed by atoms with Crippen LogP contribution >= 0.6 is 0 Å². The van der Waals surface area contributed by atoms with Crippen molar-refractivity contribution in [3.8, 4) is 5.75 Å². The van der Waals surface area contributed by atoms with Crippen molar-refractivity contribution in [2.45, 2.75) is 46.6 Å². The summed E-state index contributed by atoms with van der Waals surface area (Å²) in [5.41, 5.74) is 2.90. The van der Waals surface area contributed by atoms with Crippen LogP contribution in [0.3, 0.4) is 0 Å². The number of rotatable bonds is 11. The minimum absolute atomic E-state index is 0.354. The van der Waals surface area contributed by atoms with E-state index in [-0.39, 0.29) is 0 Å². The highest BCUT2D eigenvalue weighted by Crippen LogP contribution is 2.24. The predicted octanol–water partition coefficient (Wildman–Crippen LogP) is 5.27. The van der Waals surface area contributed by atoms with E-state index in [1.807, 2.05) is 43.3 Å². The molecule has 27 heavy (non-hydrogen) atoms. The van der Waals surface area contributed by atoms with Gasteiger partial charge < -0.3 is 14.6 Å². The Kier molecular flexibility index (Phi) is 8.34. The lowest BCUT2D eigenvalue weighted by Gasteiger charge is -2.14. The van der Waals surface area contributed by atoms with Gasteiger partial charge in [0.05, 0.1) is 12.2 Å². The SMILES string of the molecule is Cc1cc(OCc2ccccc2)cc(CCOCCCC(C)C)c1C(=O)O. The molecule has 2 aromatic rings. The molecule has 2 rings (SSSR count). The number of hydrogen-bond donors (Lipinski definition) is 1. The number of carboxylic acid groups (broad SMARTS) is 1. The highest BCUT2D eigenvalue weighted by Gasteiger charge is 2.15. The third-order valence-electron chi connectivity index (χ3n) is 4.44. The van der Waals surface area contributed by atoms with Crippen LogP contribution < -0.4 is 4.74 Å². The van der Waals surface area contributed by atoms with E-state index in [2.05, 4.69) is 13.8 Å².